The summed E-state index contributed by atoms with van der Waals surface area (Å²) in [5.74, 6) is 1.73. The van der Waals surface area contributed by atoms with Crippen molar-refractivity contribution in [3.8, 4) is 17.2 Å². The lowest BCUT2D eigenvalue weighted by Gasteiger charge is -2.24. The molecular weight excluding hydrogens is 365 g/mol. The van der Waals surface area contributed by atoms with Gasteiger partial charge < -0.3 is 19.5 Å². The van der Waals surface area contributed by atoms with Crippen molar-refractivity contribution in [2.24, 2.45) is 0 Å². The van der Waals surface area contributed by atoms with E-state index in [1.54, 1.807) is 38.1 Å². The van der Waals surface area contributed by atoms with Crippen LogP contribution < -0.4 is 19.5 Å². The van der Waals surface area contributed by atoms with Crippen LogP contribution in [0.4, 0.5) is 10.3 Å². The second-order valence-electron chi connectivity index (χ2n) is 6.06. The summed E-state index contributed by atoms with van der Waals surface area (Å²) >= 11 is 0. The Morgan fingerprint density at radius 1 is 1.00 bits per heavy atom. The van der Waals surface area contributed by atoms with Gasteiger partial charge in [-0.1, -0.05) is 5.10 Å². The minimum Gasteiger partial charge on any atom is -0.493 e. The Labute approximate surface area is 160 Å². The number of ether oxygens (including phenoxy) is 3. The summed E-state index contributed by atoms with van der Waals surface area (Å²) in [6.45, 7) is 0. The highest BCUT2D eigenvalue weighted by atomic mass is 19.1. The highest BCUT2D eigenvalue weighted by Gasteiger charge is 2.26. The lowest BCUT2D eigenvalue weighted by molar-refractivity contribution is 0.323. The number of halogens is 1. The first-order chi connectivity index (χ1) is 13.6. The highest BCUT2D eigenvalue weighted by molar-refractivity contribution is 5.77. The Bertz CT molecular complexity index is 1010. The maximum Gasteiger partial charge on any atom is 0.248 e. The number of rotatable bonds is 5. The number of hydrogen-bond donors (Lipinski definition) is 1. The molecule has 0 saturated carbocycles. The molecule has 0 fully saturated rings. The van der Waals surface area contributed by atoms with E-state index >= 15 is 0 Å². The van der Waals surface area contributed by atoms with Crippen molar-refractivity contribution in [3.05, 3.63) is 59.4 Å². The maximum absolute atomic E-state index is 13.3. The van der Waals surface area contributed by atoms with Crippen LogP contribution >= 0.6 is 0 Å². The predicted octanol–water partition coefficient (Wildman–Crippen LogP) is 2.89. The summed E-state index contributed by atoms with van der Waals surface area (Å²) in [5.41, 5.74) is 2.42. The van der Waals surface area contributed by atoms with Crippen LogP contribution in [-0.2, 0) is 0 Å². The van der Waals surface area contributed by atoms with E-state index in [4.69, 9.17) is 14.2 Å². The first kappa shape index (κ1) is 17.8. The molecule has 0 unspecified atom stereocenters. The molecule has 2 heterocycles. The van der Waals surface area contributed by atoms with Gasteiger partial charge in [0.25, 0.3) is 0 Å². The van der Waals surface area contributed by atoms with Crippen molar-refractivity contribution in [3.63, 3.8) is 0 Å². The molecule has 1 aliphatic rings. The van der Waals surface area contributed by atoms with E-state index in [0.29, 0.717) is 23.2 Å². The molecule has 28 heavy (non-hydrogen) atoms. The Balaban J connectivity index is 1.84. The second-order valence-corrected chi connectivity index (χ2v) is 6.06. The molecule has 9 heteroatoms. The molecule has 0 saturated heterocycles. The van der Waals surface area contributed by atoms with Crippen LogP contribution in [0.25, 0.3) is 5.70 Å². The second kappa shape index (κ2) is 7.18. The topological polar surface area (TPSA) is 83.3 Å². The minimum absolute atomic E-state index is 0.300. The van der Waals surface area contributed by atoms with E-state index in [-0.39, 0.29) is 11.9 Å². The van der Waals surface area contributed by atoms with Gasteiger partial charge in [-0.05, 0) is 64.0 Å². The molecule has 144 valence electrons. The molecule has 8 nitrogen and oxygen atoms in total. The van der Waals surface area contributed by atoms with E-state index < -0.39 is 0 Å². The fraction of sp³-hybridized carbons (Fsp3) is 0.211. The number of allylic oxidation sites excluding steroid dienone is 1. The van der Waals surface area contributed by atoms with Gasteiger partial charge in [0.2, 0.25) is 11.7 Å². The van der Waals surface area contributed by atoms with E-state index in [2.05, 4.69) is 20.8 Å². The van der Waals surface area contributed by atoms with E-state index in [1.165, 1.54) is 12.1 Å². The number of aromatic nitrogens is 4. The molecule has 2 aromatic carbocycles. The van der Waals surface area contributed by atoms with Crippen molar-refractivity contribution >= 4 is 11.6 Å². The first-order valence-electron chi connectivity index (χ1n) is 8.47. The summed E-state index contributed by atoms with van der Waals surface area (Å²) in [6, 6.07) is 9.57. The number of nitrogens with one attached hydrogen (secondary N) is 1. The molecule has 0 radical (unpaired) electrons. The summed E-state index contributed by atoms with van der Waals surface area (Å²) in [4.78, 5) is 0. The molecule has 0 bridgehead atoms. The van der Waals surface area contributed by atoms with Crippen LogP contribution in [0, 0.1) is 5.82 Å². The van der Waals surface area contributed by atoms with Gasteiger partial charge in [0, 0.05) is 5.70 Å². The highest BCUT2D eigenvalue weighted by Crippen LogP contribution is 2.42. The number of methoxy groups -OCH3 is 3. The van der Waals surface area contributed by atoms with Gasteiger partial charge in [-0.3, -0.25) is 0 Å². The quantitative estimate of drug-likeness (QED) is 0.725. The standard InChI is InChI=1S/C19H18FN5O3/c1-26-16-8-12(9-17(27-2)18(16)28-3)15-10-14(11-4-6-13(20)7-5-11)21-19-22-23-24-25(15)19/h4-10,15H,1-3H3,(H,21,22,24)/t15-/m0/s1. The van der Waals surface area contributed by atoms with Crippen LogP contribution in [0.3, 0.4) is 0 Å². The van der Waals surface area contributed by atoms with Crippen LogP contribution in [0.2, 0.25) is 0 Å². The van der Waals surface area contributed by atoms with E-state index in [1.807, 2.05) is 18.2 Å². The van der Waals surface area contributed by atoms with Crippen molar-refractivity contribution in [2.45, 2.75) is 6.04 Å². The number of benzene rings is 2. The monoisotopic (exact) mass is 383 g/mol. The molecule has 0 spiro atoms. The largest absolute Gasteiger partial charge is 0.493 e. The normalized spacial score (nSPS) is 15.3. The molecule has 0 aliphatic carbocycles. The van der Waals surface area contributed by atoms with Crippen molar-refractivity contribution in [1.82, 2.24) is 20.2 Å². The Morgan fingerprint density at radius 3 is 2.29 bits per heavy atom. The Morgan fingerprint density at radius 2 is 1.68 bits per heavy atom. The zero-order valence-corrected chi connectivity index (χ0v) is 15.5. The minimum atomic E-state index is -0.333. The maximum atomic E-state index is 13.3. The Hall–Kier alpha value is -3.62. The number of fused-ring (bicyclic) bond motifs is 1. The molecule has 1 atom stereocenters. The van der Waals surface area contributed by atoms with Crippen LogP contribution in [-0.4, -0.2) is 41.5 Å². The first-order valence-corrected chi connectivity index (χ1v) is 8.47. The molecule has 4 rings (SSSR count). The SMILES string of the molecule is COc1cc([C@@H]2C=C(c3ccc(F)cc3)Nc3nnnn32)cc(OC)c1OC. The van der Waals surface area contributed by atoms with Crippen LogP contribution in [0.5, 0.6) is 17.2 Å². The third-order valence-corrected chi connectivity index (χ3v) is 4.51. The number of nitrogens with zero attached hydrogens (tertiary/aromatic N) is 4. The van der Waals surface area contributed by atoms with Gasteiger partial charge in [-0.2, -0.15) is 4.68 Å². The van der Waals surface area contributed by atoms with Crippen LogP contribution in [0.1, 0.15) is 17.2 Å². The van der Waals surface area contributed by atoms with Crippen molar-refractivity contribution in [2.75, 3.05) is 26.6 Å². The van der Waals surface area contributed by atoms with Gasteiger partial charge >= 0.3 is 0 Å². The summed E-state index contributed by atoms with van der Waals surface area (Å²) < 4.78 is 31.3. The predicted molar refractivity (Wildman–Crippen MR) is 100 cm³/mol. The van der Waals surface area contributed by atoms with Crippen molar-refractivity contribution < 1.29 is 18.6 Å². The van der Waals surface area contributed by atoms with E-state index in [9.17, 15) is 4.39 Å². The summed E-state index contributed by atoms with van der Waals surface area (Å²) in [6.07, 6.45) is 1.96. The zero-order valence-electron chi connectivity index (χ0n) is 15.5. The molecular formula is C19H18FN5O3. The molecule has 1 aliphatic heterocycles. The zero-order chi connectivity index (χ0) is 19.7. The van der Waals surface area contributed by atoms with E-state index in [0.717, 1.165) is 16.8 Å². The molecule has 1 aromatic heterocycles. The lowest BCUT2D eigenvalue weighted by atomic mass is 10.0. The van der Waals surface area contributed by atoms with Gasteiger partial charge in [-0.25, -0.2) is 4.39 Å². The third-order valence-electron chi connectivity index (χ3n) is 4.51. The number of hydrogen-bond acceptors (Lipinski definition) is 7. The third kappa shape index (κ3) is 3.00. The summed E-state index contributed by atoms with van der Waals surface area (Å²) in [5, 5.41) is 15.1. The molecule has 3 aromatic rings. The molecule has 1 N–H and O–H groups in total. The summed E-state index contributed by atoms with van der Waals surface area (Å²) in [7, 11) is 4.67. The Kier molecular flexibility index (Phi) is 4.56. The number of anilines is 1. The average molecular weight is 383 g/mol. The van der Waals surface area contributed by atoms with Gasteiger partial charge in [0.05, 0.1) is 21.3 Å². The van der Waals surface area contributed by atoms with Gasteiger partial charge in [0.15, 0.2) is 11.5 Å². The smallest absolute Gasteiger partial charge is 0.248 e. The fourth-order valence-electron chi connectivity index (χ4n) is 3.16. The lowest BCUT2D eigenvalue weighted by Crippen LogP contribution is -2.20. The molecule has 0 amide bonds. The van der Waals surface area contributed by atoms with Crippen LogP contribution in [0.15, 0.2) is 42.5 Å². The number of tetrazole rings is 1. The fourth-order valence-corrected chi connectivity index (χ4v) is 3.16. The average Bonchev–Trinajstić information content (AvgIpc) is 3.21. The van der Waals surface area contributed by atoms with Gasteiger partial charge in [0.1, 0.15) is 11.9 Å². The van der Waals surface area contributed by atoms with Crippen molar-refractivity contribution in [1.29, 1.82) is 0 Å². The van der Waals surface area contributed by atoms with Gasteiger partial charge in [-0.15, -0.1) is 0 Å².